The van der Waals surface area contributed by atoms with Crippen molar-refractivity contribution in [3.63, 3.8) is 0 Å². The van der Waals surface area contributed by atoms with Crippen molar-refractivity contribution >= 4 is 35.6 Å². The first-order valence-corrected chi connectivity index (χ1v) is 13.3. The topological polar surface area (TPSA) is 133 Å². The molecule has 42 heavy (non-hydrogen) atoms. The molecular formula is C29H25F3N6O4. The Bertz CT molecular complexity index is 1630. The van der Waals surface area contributed by atoms with Crippen LogP contribution in [0.4, 0.5) is 29.5 Å². The summed E-state index contributed by atoms with van der Waals surface area (Å²) < 4.78 is 38.8. The lowest BCUT2D eigenvalue weighted by Gasteiger charge is -2.37. The first-order valence-electron chi connectivity index (χ1n) is 13.3. The van der Waals surface area contributed by atoms with Crippen LogP contribution in [0, 0.1) is 0 Å². The quantitative estimate of drug-likeness (QED) is 0.385. The van der Waals surface area contributed by atoms with Crippen molar-refractivity contribution in [2.45, 2.75) is 42.8 Å². The number of anilines is 2. The molecule has 6 rings (SSSR count). The molecule has 2 aromatic heterocycles. The van der Waals surface area contributed by atoms with E-state index in [2.05, 4.69) is 20.6 Å². The number of fused-ring (bicyclic) bond motifs is 4. The SMILES string of the molecule is O=CC1(N(CC(=O)Nc2cnc3c(c2)CC2(C3)C(=O)Nc3ncccc32)C(=O)NCC(F)(F)F)CCc2ccccc21. The van der Waals surface area contributed by atoms with Crippen LogP contribution in [0.15, 0.2) is 54.9 Å². The summed E-state index contributed by atoms with van der Waals surface area (Å²) >= 11 is 0. The molecule has 3 N–H and O–H groups in total. The molecule has 1 aliphatic heterocycles. The highest BCUT2D eigenvalue weighted by Crippen LogP contribution is 2.46. The minimum absolute atomic E-state index is 0.115. The molecule has 3 heterocycles. The number of urea groups is 1. The first-order chi connectivity index (χ1) is 20.0. The lowest BCUT2D eigenvalue weighted by atomic mass is 9.80. The molecule has 2 unspecified atom stereocenters. The molecule has 4 amide bonds. The number of carbonyl (C=O) groups is 4. The van der Waals surface area contributed by atoms with Crippen LogP contribution in [0.3, 0.4) is 0 Å². The van der Waals surface area contributed by atoms with Crippen LogP contribution in [0.5, 0.6) is 0 Å². The maximum absolute atomic E-state index is 13.2. The van der Waals surface area contributed by atoms with E-state index in [0.29, 0.717) is 42.6 Å². The number of nitrogens with zero attached hydrogens (tertiary/aromatic N) is 3. The monoisotopic (exact) mass is 578 g/mol. The number of aromatic nitrogens is 2. The summed E-state index contributed by atoms with van der Waals surface area (Å²) in [5.74, 6) is -0.410. The number of aryl methyl sites for hydroxylation is 1. The fourth-order valence-corrected chi connectivity index (χ4v) is 6.28. The van der Waals surface area contributed by atoms with Gasteiger partial charge in [0.2, 0.25) is 11.8 Å². The van der Waals surface area contributed by atoms with Crippen molar-refractivity contribution in [1.82, 2.24) is 20.2 Å². The molecule has 3 aliphatic rings. The lowest BCUT2D eigenvalue weighted by molar-refractivity contribution is -0.125. The molecule has 216 valence electrons. The Morgan fingerprint density at radius 3 is 2.64 bits per heavy atom. The van der Waals surface area contributed by atoms with Gasteiger partial charge in [-0.15, -0.1) is 0 Å². The highest BCUT2D eigenvalue weighted by molar-refractivity contribution is 6.06. The molecular weight excluding hydrogens is 553 g/mol. The van der Waals surface area contributed by atoms with Crippen molar-refractivity contribution in [1.29, 1.82) is 0 Å². The van der Waals surface area contributed by atoms with E-state index in [1.54, 1.807) is 47.9 Å². The normalized spacial score (nSPS) is 21.7. The summed E-state index contributed by atoms with van der Waals surface area (Å²) in [6.45, 7) is -2.32. The average Bonchev–Trinajstić information content (AvgIpc) is 3.62. The standard InChI is InChI=1S/C29H25F3N6O4/c30-29(31,32)15-35-26(42)38(28(16-39)8-7-17-4-1-2-5-20(17)28)14-23(40)36-19-10-18-11-27(12-22(18)34-13-19)21-6-3-9-33-24(21)37-25(27)41/h1-6,9-10,13,16H,7-8,11-12,14-15H2,(H,35,42)(H,36,40)(H,33,37,41). The van der Waals surface area contributed by atoms with Crippen molar-refractivity contribution < 1.29 is 32.3 Å². The van der Waals surface area contributed by atoms with Gasteiger partial charge in [-0.25, -0.2) is 9.78 Å². The van der Waals surface area contributed by atoms with Gasteiger partial charge in [-0.1, -0.05) is 30.3 Å². The molecule has 0 bridgehead atoms. The predicted octanol–water partition coefficient (Wildman–Crippen LogP) is 3.02. The van der Waals surface area contributed by atoms with E-state index >= 15 is 0 Å². The van der Waals surface area contributed by atoms with E-state index in [1.165, 1.54) is 6.20 Å². The summed E-state index contributed by atoms with van der Waals surface area (Å²) in [6, 6.07) is 10.9. The third-order valence-corrected chi connectivity index (χ3v) is 8.22. The Balaban J connectivity index is 1.24. The summed E-state index contributed by atoms with van der Waals surface area (Å²) in [5.41, 5.74) is 1.24. The number of halogens is 3. The molecule has 3 aromatic rings. The van der Waals surface area contributed by atoms with E-state index < -0.39 is 42.2 Å². The van der Waals surface area contributed by atoms with E-state index in [1.807, 2.05) is 6.07 Å². The molecule has 0 saturated heterocycles. The van der Waals surface area contributed by atoms with Gasteiger partial charge in [0.1, 0.15) is 30.7 Å². The molecule has 2 aliphatic carbocycles. The Morgan fingerprint density at radius 1 is 1.07 bits per heavy atom. The van der Waals surface area contributed by atoms with Gasteiger partial charge >= 0.3 is 12.2 Å². The molecule has 0 radical (unpaired) electrons. The Morgan fingerprint density at radius 2 is 1.86 bits per heavy atom. The number of nitrogens with one attached hydrogen (secondary N) is 3. The summed E-state index contributed by atoms with van der Waals surface area (Å²) in [7, 11) is 0. The minimum Gasteiger partial charge on any atom is -0.329 e. The van der Waals surface area contributed by atoms with Gasteiger partial charge < -0.3 is 20.7 Å². The Hall–Kier alpha value is -4.81. The highest BCUT2D eigenvalue weighted by atomic mass is 19.4. The lowest BCUT2D eigenvalue weighted by Crippen LogP contribution is -2.56. The number of benzene rings is 1. The van der Waals surface area contributed by atoms with Crippen LogP contribution in [0.2, 0.25) is 0 Å². The van der Waals surface area contributed by atoms with E-state index in [0.717, 1.165) is 21.6 Å². The number of alkyl halides is 3. The maximum atomic E-state index is 13.2. The highest BCUT2D eigenvalue weighted by Gasteiger charge is 2.52. The number of hydrogen-bond acceptors (Lipinski definition) is 6. The van der Waals surface area contributed by atoms with Crippen LogP contribution in [0.1, 0.15) is 34.4 Å². The number of rotatable bonds is 6. The zero-order chi connectivity index (χ0) is 29.7. The molecule has 0 fully saturated rings. The zero-order valence-electron chi connectivity index (χ0n) is 22.1. The minimum atomic E-state index is -4.69. The van der Waals surface area contributed by atoms with Crippen molar-refractivity contribution in [3.05, 3.63) is 82.8 Å². The van der Waals surface area contributed by atoms with Gasteiger partial charge in [-0.05, 0) is 48.1 Å². The van der Waals surface area contributed by atoms with E-state index in [4.69, 9.17) is 0 Å². The summed E-state index contributed by atoms with van der Waals surface area (Å²) in [4.78, 5) is 61.4. The third kappa shape index (κ3) is 4.54. The molecule has 0 saturated carbocycles. The largest absolute Gasteiger partial charge is 0.405 e. The molecule has 1 spiro atoms. The van der Waals surface area contributed by atoms with Crippen LogP contribution in [-0.4, -0.2) is 58.3 Å². The van der Waals surface area contributed by atoms with E-state index in [9.17, 15) is 32.3 Å². The van der Waals surface area contributed by atoms with Crippen LogP contribution in [-0.2, 0) is 44.6 Å². The number of amides is 4. The summed E-state index contributed by atoms with van der Waals surface area (Å²) in [5, 5.41) is 7.27. The van der Waals surface area contributed by atoms with Gasteiger partial charge in [0.25, 0.3) is 0 Å². The second-order valence-corrected chi connectivity index (χ2v) is 10.7. The average molecular weight is 579 g/mol. The molecule has 10 nitrogen and oxygen atoms in total. The predicted molar refractivity (Wildman–Crippen MR) is 143 cm³/mol. The Labute approximate surface area is 237 Å². The van der Waals surface area contributed by atoms with Gasteiger partial charge in [0, 0.05) is 23.9 Å². The number of aldehydes is 1. The third-order valence-electron chi connectivity index (χ3n) is 8.22. The fourth-order valence-electron chi connectivity index (χ4n) is 6.28. The van der Waals surface area contributed by atoms with Crippen LogP contribution < -0.4 is 16.0 Å². The van der Waals surface area contributed by atoms with Gasteiger partial charge in [0.05, 0.1) is 17.3 Å². The van der Waals surface area contributed by atoms with Gasteiger partial charge in [0.15, 0.2) is 0 Å². The smallest absolute Gasteiger partial charge is 0.329 e. The maximum Gasteiger partial charge on any atom is 0.405 e. The van der Waals surface area contributed by atoms with Crippen molar-refractivity contribution in [3.8, 4) is 0 Å². The number of hydrogen-bond donors (Lipinski definition) is 3. The van der Waals surface area contributed by atoms with Gasteiger partial charge in [-0.3, -0.25) is 19.5 Å². The fraction of sp³-hybridized carbons (Fsp3) is 0.310. The Kier molecular flexibility index (Phi) is 6.47. The van der Waals surface area contributed by atoms with E-state index in [-0.39, 0.29) is 18.0 Å². The van der Waals surface area contributed by atoms with Crippen LogP contribution >= 0.6 is 0 Å². The molecule has 1 aromatic carbocycles. The van der Waals surface area contributed by atoms with Crippen molar-refractivity contribution in [2.75, 3.05) is 23.7 Å². The second-order valence-electron chi connectivity index (χ2n) is 10.7. The first kappa shape index (κ1) is 27.4. The van der Waals surface area contributed by atoms with Crippen molar-refractivity contribution in [2.24, 2.45) is 0 Å². The summed E-state index contributed by atoms with van der Waals surface area (Å²) in [6.07, 6.45) is 0.0432. The number of pyridine rings is 2. The second kappa shape index (κ2) is 9.93. The molecule has 13 heteroatoms. The number of carbonyl (C=O) groups excluding carboxylic acids is 4. The zero-order valence-corrected chi connectivity index (χ0v) is 22.1. The molecule has 2 atom stereocenters. The van der Waals surface area contributed by atoms with Crippen LogP contribution in [0.25, 0.3) is 0 Å². The van der Waals surface area contributed by atoms with Gasteiger partial charge in [-0.2, -0.15) is 13.2 Å².